The van der Waals surface area contributed by atoms with Crippen molar-refractivity contribution in [1.29, 1.82) is 0 Å². The zero-order valence-corrected chi connectivity index (χ0v) is 8.66. The highest BCUT2D eigenvalue weighted by Gasteiger charge is 2.29. The molecule has 14 heavy (non-hydrogen) atoms. The highest BCUT2D eigenvalue weighted by molar-refractivity contribution is 5.35. The number of aliphatic hydroxyl groups excluding tert-OH is 1. The molecule has 1 aromatic carbocycles. The molecule has 0 spiro atoms. The summed E-state index contributed by atoms with van der Waals surface area (Å²) in [6, 6.07) is 6.18. The minimum absolute atomic E-state index is 0.147. The third-order valence-corrected chi connectivity index (χ3v) is 2.69. The molecule has 1 saturated carbocycles. The van der Waals surface area contributed by atoms with Crippen LogP contribution >= 0.6 is 0 Å². The summed E-state index contributed by atoms with van der Waals surface area (Å²) in [6.07, 6.45) is 1.61. The van der Waals surface area contributed by atoms with Gasteiger partial charge in [0.1, 0.15) is 11.9 Å². The van der Waals surface area contributed by atoms with Crippen LogP contribution in [0.4, 0.5) is 0 Å². The molecule has 2 rings (SSSR count). The van der Waals surface area contributed by atoms with Gasteiger partial charge < -0.3 is 9.84 Å². The van der Waals surface area contributed by atoms with Crippen molar-refractivity contribution >= 4 is 0 Å². The normalized spacial score (nSPS) is 25.6. The molecule has 1 N–H and O–H groups in total. The van der Waals surface area contributed by atoms with Gasteiger partial charge in [0.25, 0.3) is 0 Å². The van der Waals surface area contributed by atoms with Crippen molar-refractivity contribution in [3.63, 3.8) is 0 Å². The maximum Gasteiger partial charge on any atom is 0.122 e. The first-order valence-electron chi connectivity index (χ1n) is 5.07. The molecule has 0 heterocycles. The lowest BCUT2D eigenvalue weighted by atomic mass is 9.92. The zero-order chi connectivity index (χ0) is 10.1. The van der Waals surface area contributed by atoms with Crippen LogP contribution in [0.2, 0.25) is 0 Å². The van der Waals surface area contributed by atoms with E-state index in [0.717, 1.165) is 18.6 Å². The van der Waals surface area contributed by atoms with Gasteiger partial charge in [-0.15, -0.1) is 0 Å². The second kappa shape index (κ2) is 3.62. The van der Waals surface area contributed by atoms with Crippen LogP contribution in [0, 0.1) is 13.8 Å². The van der Waals surface area contributed by atoms with Crippen molar-refractivity contribution in [2.24, 2.45) is 0 Å². The predicted molar refractivity (Wildman–Crippen MR) is 55.6 cm³/mol. The van der Waals surface area contributed by atoms with Gasteiger partial charge in [0, 0.05) is 12.8 Å². The Bertz CT molecular complexity index is 327. The molecule has 0 amide bonds. The Balaban J connectivity index is 2.02. The number of aryl methyl sites for hydroxylation is 2. The van der Waals surface area contributed by atoms with Gasteiger partial charge in [-0.2, -0.15) is 0 Å². The summed E-state index contributed by atoms with van der Waals surface area (Å²) in [5, 5.41) is 9.13. The molecular formula is C12H16O2. The maximum atomic E-state index is 9.13. The van der Waals surface area contributed by atoms with Gasteiger partial charge in [-0.05, 0) is 25.5 Å². The minimum Gasteiger partial charge on any atom is -0.490 e. The smallest absolute Gasteiger partial charge is 0.122 e. The molecule has 0 bridgehead atoms. The molecule has 0 unspecified atom stereocenters. The van der Waals surface area contributed by atoms with Gasteiger partial charge in [0.15, 0.2) is 0 Å². The average molecular weight is 192 g/mol. The molecule has 0 radical (unpaired) electrons. The van der Waals surface area contributed by atoms with Gasteiger partial charge in [-0.25, -0.2) is 0 Å². The van der Waals surface area contributed by atoms with Gasteiger partial charge in [0.2, 0.25) is 0 Å². The highest BCUT2D eigenvalue weighted by atomic mass is 16.5. The number of aliphatic hydroxyl groups is 1. The van der Waals surface area contributed by atoms with Crippen LogP contribution in [0.3, 0.4) is 0 Å². The standard InChI is InChI=1S/C12H16O2/c1-8-3-4-12(9(2)5-8)14-11-6-10(13)7-11/h3-5,10-11,13H,6-7H2,1-2H3. The second-order valence-electron chi connectivity index (χ2n) is 4.13. The Labute approximate surface area is 84.5 Å². The van der Waals surface area contributed by atoms with Gasteiger partial charge in [-0.3, -0.25) is 0 Å². The van der Waals surface area contributed by atoms with Crippen molar-refractivity contribution in [2.75, 3.05) is 0 Å². The Hall–Kier alpha value is -1.02. The number of hydrogen-bond donors (Lipinski definition) is 1. The van der Waals surface area contributed by atoms with Crippen LogP contribution in [-0.2, 0) is 0 Å². The largest absolute Gasteiger partial charge is 0.490 e. The van der Waals surface area contributed by atoms with Crippen molar-refractivity contribution in [1.82, 2.24) is 0 Å². The quantitative estimate of drug-likeness (QED) is 0.778. The lowest BCUT2D eigenvalue weighted by Gasteiger charge is -2.32. The van der Waals surface area contributed by atoms with Crippen LogP contribution in [0.25, 0.3) is 0 Å². The summed E-state index contributed by atoms with van der Waals surface area (Å²) in [7, 11) is 0. The molecule has 76 valence electrons. The number of benzene rings is 1. The summed E-state index contributed by atoms with van der Waals surface area (Å²) in [6.45, 7) is 4.13. The molecule has 1 aliphatic rings. The Morgan fingerprint density at radius 1 is 1.29 bits per heavy atom. The van der Waals surface area contributed by atoms with Crippen molar-refractivity contribution in [3.8, 4) is 5.75 Å². The van der Waals surface area contributed by atoms with Gasteiger partial charge in [-0.1, -0.05) is 17.7 Å². The van der Waals surface area contributed by atoms with Crippen LogP contribution in [0.5, 0.6) is 5.75 Å². The van der Waals surface area contributed by atoms with E-state index in [1.807, 2.05) is 6.07 Å². The van der Waals surface area contributed by atoms with Crippen LogP contribution in [0.1, 0.15) is 24.0 Å². The first-order valence-corrected chi connectivity index (χ1v) is 5.07. The Morgan fingerprint density at radius 2 is 2.00 bits per heavy atom. The fraction of sp³-hybridized carbons (Fsp3) is 0.500. The van der Waals surface area contributed by atoms with E-state index in [-0.39, 0.29) is 12.2 Å². The first-order chi connectivity index (χ1) is 6.65. The Kier molecular flexibility index (Phi) is 2.46. The monoisotopic (exact) mass is 192 g/mol. The number of hydrogen-bond acceptors (Lipinski definition) is 2. The van der Waals surface area contributed by atoms with E-state index >= 15 is 0 Å². The third kappa shape index (κ3) is 1.90. The summed E-state index contributed by atoms with van der Waals surface area (Å²) in [4.78, 5) is 0. The zero-order valence-electron chi connectivity index (χ0n) is 8.66. The van der Waals surface area contributed by atoms with Crippen LogP contribution in [0.15, 0.2) is 18.2 Å². The summed E-state index contributed by atoms with van der Waals surface area (Å²) in [5.41, 5.74) is 2.43. The summed E-state index contributed by atoms with van der Waals surface area (Å²) >= 11 is 0. The van der Waals surface area contributed by atoms with E-state index in [1.54, 1.807) is 0 Å². The summed E-state index contributed by atoms with van der Waals surface area (Å²) in [5.74, 6) is 0.951. The molecule has 0 aromatic heterocycles. The topological polar surface area (TPSA) is 29.5 Å². The molecule has 2 nitrogen and oxygen atoms in total. The van der Waals surface area contributed by atoms with E-state index in [9.17, 15) is 0 Å². The van der Waals surface area contributed by atoms with Crippen molar-refractivity contribution < 1.29 is 9.84 Å². The van der Waals surface area contributed by atoms with E-state index in [4.69, 9.17) is 9.84 Å². The van der Waals surface area contributed by atoms with E-state index < -0.39 is 0 Å². The predicted octanol–water partition coefficient (Wildman–Crippen LogP) is 2.21. The number of ether oxygens (including phenoxy) is 1. The number of rotatable bonds is 2. The first kappa shape index (κ1) is 9.53. The Morgan fingerprint density at radius 3 is 2.57 bits per heavy atom. The fourth-order valence-corrected chi connectivity index (χ4v) is 1.75. The second-order valence-corrected chi connectivity index (χ2v) is 4.13. The lowest BCUT2D eigenvalue weighted by Crippen LogP contribution is -2.37. The van der Waals surface area contributed by atoms with Gasteiger partial charge >= 0.3 is 0 Å². The van der Waals surface area contributed by atoms with Crippen molar-refractivity contribution in [3.05, 3.63) is 29.3 Å². The molecule has 2 heteroatoms. The SMILES string of the molecule is Cc1ccc(OC2CC(O)C2)c(C)c1. The van der Waals surface area contributed by atoms with Crippen LogP contribution in [-0.4, -0.2) is 17.3 Å². The fourth-order valence-electron chi connectivity index (χ4n) is 1.75. The van der Waals surface area contributed by atoms with E-state index in [0.29, 0.717) is 0 Å². The third-order valence-electron chi connectivity index (χ3n) is 2.69. The summed E-state index contributed by atoms with van der Waals surface area (Å²) < 4.78 is 5.75. The molecule has 1 fully saturated rings. The molecule has 1 aromatic rings. The van der Waals surface area contributed by atoms with Gasteiger partial charge in [0.05, 0.1) is 6.10 Å². The molecule has 0 atom stereocenters. The molecular weight excluding hydrogens is 176 g/mol. The maximum absolute atomic E-state index is 9.13. The average Bonchev–Trinajstić information content (AvgIpc) is 2.06. The molecule has 0 saturated heterocycles. The highest BCUT2D eigenvalue weighted by Crippen LogP contribution is 2.28. The van der Waals surface area contributed by atoms with E-state index in [1.165, 1.54) is 11.1 Å². The van der Waals surface area contributed by atoms with E-state index in [2.05, 4.69) is 26.0 Å². The van der Waals surface area contributed by atoms with Crippen molar-refractivity contribution in [2.45, 2.75) is 38.9 Å². The lowest BCUT2D eigenvalue weighted by molar-refractivity contribution is -0.0110. The van der Waals surface area contributed by atoms with Crippen LogP contribution < -0.4 is 4.74 Å². The minimum atomic E-state index is -0.147. The molecule has 0 aliphatic heterocycles. The molecule has 1 aliphatic carbocycles.